The highest BCUT2D eigenvalue weighted by molar-refractivity contribution is 9.10. The number of ketones is 1. The summed E-state index contributed by atoms with van der Waals surface area (Å²) < 4.78 is 15.1. The summed E-state index contributed by atoms with van der Waals surface area (Å²) in [7, 11) is 0. The zero-order valence-electron chi connectivity index (χ0n) is 8.54. The molecule has 1 aromatic heterocycles. The van der Waals surface area contributed by atoms with Gasteiger partial charge in [0.25, 0.3) is 0 Å². The molecule has 0 aliphatic rings. The van der Waals surface area contributed by atoms with Crippen molar-refractivity contribution < 1.29 is 9.18 Å². The molecule has 0 saturated carbocycles. The molecule has 0 spiro atoms. The summed E-state index contributed by atoms with van der Waals surface area (Å²) >= 11 is 8.07. The maximum absolute atomic E-state index is 13.5. The number of halogens is 3. The van der Waals surface area contributed by atoms with E-state index in [4.69, 9.17) is 0 Å². The third kappa shape index (κ3) is 3.03. The van der Waals surface area contributed by atoms with Crippen LogP contribution < -0.4 is 0 Å². The lowest BCUT2D eigenvalue weighted by Crippen LogP contribution is -2.05. The number of carbonyl (C=O) groups excluding carboxylic acids is 1. The third-order valence-electron chi connectivity index (χ3n) is 2.24. The molecule has 0 amide bonds. The van der Waals surface area contributed by atoms with E-state index in [2.05, 4.69) is 31.9 Å². The Bertz CT molecular complexity index is 565. The van der Waals surface area contributed by atoms with E-state index in [1.54, 1.807) is 6.07 Å². The highest BCUT2D eigenvalue weighted by atomic mass is 79.9. The van der Waals surface area contributed by atoms with Crippen molar-refractivity contribution in [2.75, 3.05) is 0 Å². The SMILES string of the molecule is O=C(Cc1sccc1Br)c1cc(Br)ccc1F. The van der Waals surface area contributed by atoms with Crippen molar-refractivity contribution in [3.63, 3.8) is 0 Å². The van der Waals surface area contributed by atoms with Gasteiger partial charge in [-0.3, -0.25) is 4.79 Å². The smallest absolute Gasteiger partial charge is 0.171 e. The standard InChI is InChI=1S/C12H7Br2FOS/c13-7-1-2-10(15)8(5-7)11(16)6-12-9(14)3-4-17-12/h1-5H,6H2. The van der Waals surface area contributed by atoms with Gasteiger partial charge < -0.3 is 0 Å². The van der Waals surface area contributed by atoms with E-state index < -0.39 is 5.82 Å². The highest BCUT2D eigenvalue weighted by Gasteiger charge is 2.14. The molecule has 0 bridgehead atoms. The van der Waals surface area contributed by atoms with Crippen molar-refractivity contribution >= 4 is 49.0 Å². The number of Topliss-reactive ketones (excluding diaryl/α,β-unsaturated/α-hetero) is 1. The normalized spacial score (nSPS) is 10.5. The van der Waals surface area contributed by atoms with E-state index >= 15 is 0 Å². The van der Waals surface area contributed by atoms with Crippen LogP contribution in [0.4, 0.5) is 4.39 Å². The molecule has 0 aliphatic heterocycles. The number of thiophene rings is 1. The minimum atomic E-state index is -0.481. The summed E-state index contributed by atoms with van der Waals surface area (Å²) in [5, 5.41) is 1.89. The molecule has 0 atom stereocenters. The first-order chi connectivity index (χ1) is 8.08. The van der Waals surface area contributed by atoms with Gasteiger partial charge in [0.2, 0.25) is 0 Å². The summed E-state index contributed by atoms with van der Waals surface area (Å²) in [6.45, 7) is 0. The number of hydrogen-bond donors (Lipinski definition) is 0. The summed E-state index contributed by atoms with van der Waals surface area (Å²) in [6.07, 6.45) is 0.214. The van der Waals surface area contributed by atoms with E-state index in [0.29, 0.717) is 4.47 Å². The van der Waals surface area contributed by atoms with Crippen LogP contribution in [0.15, 0.2) is 38.6 Å². The van der Waals surface area contributed by atoms with Crippen molar-refractivity contribution in [3.05, 3.63) is 54.8 Å². The monoisotopic (exact) mass is 376 g/mol. The van der Waals surface area contributed by atoms with Crippen molar-refractivity contribution in [2.45, 2.75) is 6.42 Å². The van der Waals surface area contributed by atoms with Gasteiger partial charge in [-0.25, -0.2) is 4.39 Å². The second kappa shape index (κ2) is 5.42. The Kier molecular flexibility index (Phi) is 4.12. The topological polar surface area (TPSA) is 17.1 Å². The second-order valence-corrected chi connectivity index (χ2v) is 6.19. The zero-order valence-corrected chi connectivity index (χ0v) is 12.5. The van der Waals surface area contributed by atoms with Crippen LogP contribution in [-0.2, 0) is 6.42 Å². The lowest BCUT2D eigenvalue weighted by Gasteiger charge is -2.02. The van der Waals surface area contributed by atoms with Crippen LogP contribution >= 0.6 is 43.2 Å². The molecule has 88 valence electrons. The van der Waals surface area contributed by atoms with Gasteiger partial charge in [-0.05, 0) is 45.6 Å². The van der Waals surface area contributed by atoms with Crippen LogP contribution in [-0.4, -0.2) is 5.78 Å². The molecule has 2 aromatic rings. The Morgan fingerprint density at radius 1 is 1.29 bits per heavy atom. The van der Waals surface area contributed by atoms with E-state index in [1.807, 2.05) is 11.4 Å². The van der Waals surface area contributed by atoms with Gasteiger partial charge >= 0.3 is 0 Å². The van der Waals surface area contributed by atoms with Crippen LogP contribution in [0.3, 0.4) is 0 Å². The third-order valence-corrected chi connectivity index (χ3v) is 4.66. The molecule has 17 heavy (non-hydrogen) atoms. The maximum atomic E-state index is 13.5. The first kappa shape index (κ1) is 12.9. The van der Waals surface area contributed by atoms with Gasteiger partial charge in [-0.2, -0.15) is 0 Å². The molecule has 0 saturated heterocycles. The molecule has 0 radical (unpaired) electrons. The molecule has 0 unspecified atom stereocenters. The molecular formula is C12H7Br2FOS. The Balaban J connectivity index is 2.26. The molecule has 0 fully saturated rings. The van der Waals surface area contributed by atoms with Crippen molar-refractivity contribution in [1.82, 2.24) is 0 Å². The first-order valence-electron chi connectivity index (χ1n) is 4.78. The summed E-state index contributed by atoms with van der Waals surface area (Å²) in [5.74, 6) is -0.696. The Hall–Kier alpha value is -0.520. The Labute approximate surface area is 119 Å². The second-order valence-electron chi connectivity index (χ2n) is 3.42. The first-order valence-corrected chi connectivity index (χ1v) is 7.24. The van der Waals surface area contributed by atoms with E-state index in [1.165, 1.54) is 23.5 Å². The predicted molar refractivity (Wildman–Crippen MR) is 74.2 cm³/mol. The number of hydrogen-bond acceptors (Lipinski definition) is 2. The lowest BCUT2D eigenvalue weighted by molar-refractivity contribution is 0.0990. The minimum absolute atomic E-state index is 0.125. The maximum Gasteiger partial charge on any atom is 0.171 e. The van der Waals surface area contributed by atoms with Crippen molar-refractivity contribution in [2.24, 2.45) is 0 Å². The molecule has 0 aliphatic carbocycles. The van der Waals surface area contributed by atoms with Crippen LogP contribution in [0.5, 0.6) is 0 Å². The fourth-order valence-corrected chi connectivity index (χ4v) is 3.26. The number of benzene rings is 1. The quantitative estimate of drug-likeness (QED) is 0.699. The van der Waals surface area contributed by atoms with Crippen molar-refractivity contribution in [3.8, 4) is 0 Å². The fraction of sp³-hybridized carbons (Fsp3) is 0.0833. The van der Waals surface area contributed by atoms with Gasteiger partial charge in [0, 0.05) is 20.2 Å². The van der Waals surface area contributed by atoms with E-state index in [0.717, 1.165) is 9.35 Å². The van der Waals surface area contributed by atoms with Crippen LogP contribution in [0.1, 0.15) is 15.2 Å². The van der Waals surface area contributed by atoms with Gasteiger partial charge in [-0.1, -0.05) is 15.9 Å². The summed E-state index contributed by atoms with van der Waals surface area (Å²) in [6, 6.07) is 6.26. The van der Waals surface area contributed by atoms with Crippen LogP contribution in [0, 0.1) is 5.82 Å². The molecule has 5 heteroatoms. The fourth-order valence-electron chi connectivity index (χ4n) is 1.40. The van der Waals surface area contributed by atoms with Gasteiger partial charge in [-0.15, -0.1) is 11.3 Å². The zero-order chi connectivity index (χ0) is 12.4. The molecular weight excluding hydrogens is 371 g/mol. The average Bonchev–Trinajstić information content (AvgIpc) is 2.68. The van der Waals surface area contributed by atoms with Crippen LogP contribution in [0.25, 0.3) is 0 Å². The van der Waals surface area contributed by atoms with Gasteiger partial charge in [0.15, 0.2) is 5.78 Å². The Morgan fingerprint density at radius 3 is 2.71 bits per heavy atom. The van der Waals surface area contributed by atoms with Gasteiger partial charge in [0.05, 0.1) is 5.56 Å². The Morgan fingerprint density at radius 2 is 2.06 bits per heavy atom. The average molecular weight is 378 g/mol. The molecule has 1 heterocycles. The molecule has 1 aromatic carbocycles. The number of carbonyl (C=O) groups is 1. The molecule has 0 N–H and O–H groups in total. The van der Waals surface area contributed by atoms with Crippen molar-refractivity contribution in [1.29, 1.82) is 0 Å². The van der Waals surface area contributed by atoms with E-state index in [9.17, 15) is 9.18 Å². The molecule has 1 nitrogen and oxygen atoms in total. The largest absolute Gasteiger partial charge is 0.294 e. The van der Waals surface area contributed by atoms with E-state index in [-0.39, 0.29) is 17.8 Å². The summed E-state index contributed by atoms with van der Waals surface area (Å²) in [4.78, 5) is 12.9. The summed E-state index contributed by atoms with van der Waals surface area (Å²) in [5.41, 5.74) is 0.125. The van der Waals surface area contributed by atoms with Crippen LogP contribution in [0.2, 0.25) is 0 Å². The molecule has 2 rings (SSSR count). The highest BCUT2D eigenvalue weighted by Crippen LogP contribution is 2.25. The minimum Gasteiger partial charge on any atom is -0.294 e. The number of rotatable bonds is 3. The predicted octanol–water partition coefficient (Wildman–Crippen LogP) is 4.84. The van der Waals surface area contributed by atoms with Gasteiger partial charge in [0.1, 0.15) is 5.82 Å². The lowest BCUT2D eigenvalue weighted by atomic mass is 10.1.